The summed E-state index contributed by atoms with van der Waals surface area (Å²) in [4.78, 5) is 26.0. The van der Waals surface area contributed by atoms with E-state index in [9.17, 15) is 18.0 Å². The van der Waals surface area contributed by atoms with Gasteiger partial charge in [0, 0.05) is 39.3 Å². The van der Waals surface area contributed by atoms with Crippen LogP contribution >= 0.6 is 11.3 Å². The number of thiophene rings is 1. The molecule has 1 aromatic heterocycles. The van der Waals surface area contributed by atoms with Crippen LogP contribution in [0.1, 0.15) is 28.8 Å². The SMILES string of the molecule is CN(C)C(=O)c1ccc(CNC(=O)C2CCCN(S(=O)(=O)c3cccs3)C2)cc1. The first kappa shape index (κ1) is 21.5. The first-order valence-electron chi connectivity index (χ1n) is 9.41. The summed E-state index contributed by atoms with van der Waals surface area (Å²) >= 11 is 1.19. The zero-order valence-corrected chi connectivity index (χ0v) is 18.1. The summed E-state index contributed by atoms with van der Waals surface area (Å²) in [6.07, 6.45) is 1.32. The predicted octanol–water partition coefficient (Wildman–Crippen LogP) is 2.17. The van der Waals surface area contributed by atoms with Crippen molar-refractivity contribution in [2.75, 3.05) is 27.2 Å². The Kier molecular flexibility index (Phi) is 6.71. The Morgan fingerprint density at radius 1 is 1.21 bits per heavy atom. The van der Waals surface area contributed by atoms with Crippen molar-refractivity contribution in [1.29, 1.82) is 0 Å². The lowest BCUT2D eigenvalue weighted by Crippen LogP contribution is -2.45. The van der Waals surface area contributed by atoms with E-state index in [0.29, 0.717) is 35.7 Å². The van der Waals surface area contributed by atoms with Crippen molar-refractivity contribution in [3.63, 3.8) is 0 Å². The Morgan fingerprint density at radius 2 is 1.93 bits per heavy atom. The minimum absolute atomic E-state index is 0.0742. The quantitative estimate of drug-likeness (QED) is 0.753. The standard InChI is InChI=1S/C20H25N3O4S2/c1-22(2)20(25)16-9-7-15(8-10-16)13-21-19(24)17-5-3-11-23(14-17)29(26,27)18-6-4-12-28-18/h4,6-10,12,17H,3,5,11,13-14H2,1-2H3,(H,21,24). The summed E-state index contributed by atoms with van der Waals surface area (Å²) < 4.78 is 27.1. The number of carbonyl (C=O) groups is 2. The molecule has 9 heteroatoms. The van der Waals surface area contributed by atoms with Crippen LogP contribution in [0.5, 0.6) is 0 Å². The van der Waals surface area contributed by atoms with E-state index in [4.69, 9.17) is 0 Å². The number of sulfonamides is 1. The molecule has 1 unspecified atom stereocenters. The highest BCUT2D eigenvalue weighted by Gasteiger charge is 2.33. The van der Waals surface area contributed by atoms with Crippen LogP contribution in [0.2, 0.25) is 0 Å². The van der Waals surface area contributed by atoms with Gasteiger partial charge in [0.05, 0.1) is 5.92 Å². The number of carbonyl (C=O) groups excluding carboxylic acids is 2. The minimum atomic E-state index is -3.54. The highest BCUT2D eigenvalue weighted by molar-refractivity contribution is 7.91. The number of hydrogen-bond acceptors (Lipinski definition) is 5. The molecule has 0 radical (unpaired) electrons. The average molecular weight is 436 g/mol. The van der Waals surface area contributed by atoms with Gasteiger partial charge in [-0.2, -0.15) is 4.31 Å². The van der Waals surface area contributed by atoms with Gasteiger partial charge in [0.2, 0.25) is 5.91 Å². The van der Waals surface area contributed by atoms with Crippen molar-refractivity contribution in [2.24, 2.45) is 5.92 Å². The molecule has 0 saturated carbocycles. The van der Waals surface area contributed by atoms with Gasteiger partial charge in [-0.1, -0.05) is 18.2 Å². The number of amides is 2. The summed E-state index contributed by atoms with van der Waals surface area (Å²) in [5.41, 5.74) is 1.47. The monoisotopic (exact) mass is 435 g/mol. The molecule has 2 aromatic rings. The molecule has 156 valence electrons. The van der Waals surface area contributed by atoms with Crippen molar-refractivity contribution in [2.45, 2.75) is 23.6 Å². The number of rotatable bonds is 6. The maximum Gasteiger partial charge on any atom is 0.253 e. The van der Waals surface area contributed by atoms with Crippen LogP contribution in [0.4, 0.5) is 0 Å². The molecular formula is C20H25N3O4S2. The van der Waals surface area contributed by atoms with Crippen LogP contribution in [-0.2, 0) is 21.4 Å². The highest BCUT2D eigenvalue weighted by atomic mass is 32.2. The fourth-order valence-electron chi connectivity index (χ4n) is 3.27. The molecule has 1 saturated heterocycles. The van der Waals surface area contributed by atoms with Crippen molar-refractivity contribution in [3.8, 4) is 0 Å². The lowest BCUT2D eigenvalue weighted by atomic mass is 9.98. The number of nitrogens with zero attached hydrogens (tertiary/aromatic N) is 2. The maximum atomic E-state index is 12.7. The first-order chi connectivity index (χ1) is 13.8. The molecule has 1 N–H and O–H groups in total. The molecule has 1 atom stereocenters. The predicted molar refractivity (Wildman–Crippen MR) is 112 cm³/mol. The zero-order chi connectivity index (χ0) is 21.0. The molecule has 1 aromatic carbocycles. The van der Waals surface area contributed by atoms with Gasteiger partial charge < -0.3 is 10.2 Å². The van der Waals surface area contributed by atoms with E-state index in [1.807, 2.05) is 12.1 Å². The second kappa shape index (κ2) is 9.06. The number of nitrogens with one attached hydrogen (secondary N) is 1. The van der Waals surface area contributed by atoms with E-state index in [-0.39, 0.29) is 24.3 Å². The van der Waals surface area contributed by atoms with Gasteiger partial charge in [0.1, 0.15) is 4.21 Å². The topological polar surface area (TPSA) is 86.8 Å². The Hall–Kier alpha value is -2.23. The zero-order valence-electron chi connectivity index (χ0n) is 16.5. The van der Waals surface area contributed by atoms with E-state index >= 15 is 0 Å². The molecule has 1 fully saturated rings. The Labute approximate surface area is 175 Å². The number of hydrogen-bond donors (Lipinski definition) is 1. The van der Waals surface area contributed by atoms with Gasteiger partial charge in [-0.05, 0) is 42.0 Å². The molecule has 2 amide bonds. The fraction of sp³-hybridized carbons (Fsp3) is 0.400. The molecule has 7 nitrogen and oxygen atoms in total. The summed E-state index contributed by atoms with van der Waals surface area (Å²) in [5, 5.41) is 4.63. The van der Waals surface area contributed by atoms with Crippen molar-refractivity contribution >= 4 is 33.2 Å². The van der Waals surface area contributed by atoms with Crippen LogP contribution in [0.3, 0.4) is 0 Å². The fourth-order valence-corrected chi connectivity index (χ4v) is 5.94. The van der Waals surface area contributed by atoms with E-state index in [1.165, 1.54) is 20.5 Å². The average Bonchev–Trinajstić information content (AvgIpc) is 3.27. The van der Waals surface area contributed by atoms with Crippen molar-refractivity contribution in [3.05, 3.63) is 52.9 Å². The molecule has 3 rings (SSSR count). The van der Waals surface area contributed by atoms with Crippen LogP contribution in [0.15, 0.2) is 46.0 Å². The summed E-state index contributed by atoms with van der Waals surface area (Å²) in [6.45, 7) is 0.969. The van der Waals surface area contributed by atoms with Gasteiger partial charge in [-0.3, -0.25) is 9.59 Å². The first-order valence-corrected chi connectivity index (χ1v) is 11.7. The lowest BCUT2D eigenvalue weighted by molar-refractivity contribution is -0.126. The van der Waals surface area contributed by atoms with Gasteiger partial charge in [-0.15, -0.1) is 11.3 Å². The molecule has 1 aliphatic heterocycles. The van der Waals surface area contributed by atoms with Crippen LogP contribution in [-0.4, -0.2) is 56.6 Å². The van der Waals surface area contributed by atoms with Crippen LogP contribution in [0, 0.1) is 5.92 Å². The smallest absolute Gasteiger partial charge is 0.253 e. The molecule has 29 heavy (non-hydrogen) atoms. The van der Waals surface area contributed by atoms with E-state index in [2.05, 4.69) is 5.32 Å². The third-order valence-electron chi connectivity index (χ3n) is 4.92. The minimum Gasteiger partial charge on any atom is -0.352 e. The van der Waals surface area contributed by atoms with Crippen molar-refractivity contribution < 1.29 is 18.0 Å². The second-order valence-electron chi connectivity index (χ2n) is 7.25. The Balaban J connectivity index is 1.57. The van der Waals surface area contributed by atoms with E-state index in [0.717, 1.165) is 5.56 Å². The number of piperidine rings is 1. The van der Waals surface area contributed by atoms with Gasteiger partial charge in [0.15, 0.2) is 0 Å². The molecule has 0 aliphatic carbocycles. The van der Waals surface area contributed by atoms with E-state index in [1.54, 1.807) is 43.7 Å². The molecule has 0 spiro atoms. The van der Waals surface area contributed by atoms with Crippen LogP contribution < -0.4 is 5.32 Å². The Morgan fingerprint density at radius 3 is 2.55 bits per heavy atom. The highest BCUT2D eigenvalue weighted by Crippen LogP contribution is 2.26. The summed E-state index contributed by atoms with van der Waals surface area (Å²) in [5.74, 6) is -0.590. The molecule has 2 heterocycles. The third-order valence-corrected chi connectivity index (χ3v) is 8.16. The van der Waals surface area contributed by atoms with Gasteiger partial charge >= 0.3 is 0 Å². The third kappa shape index (κ3) is 5.04. The second-order valence-corrected chi connectivity index (χ2v) is 10.4. The largest absolute Gasteiger partial charge is 0.352 e. The van der Waals surface area contributed by atoms with Crippen LogP contribution in [0.25, 0.3) is 0 Å². The molecular weight excluding hydrogens is 410 g/mol. The maximum absolute atomic E-state index is 12.7. The molecule has 0 bridgehead atoms. The lowest BCUT2D eigenvalue weighted by Gasteiger charge is -2.30. The molecule has 1 aliphatic rings. The number of benzene rings is 1. The van der Waals surface area contributed by atoms with E-state index < -0.39 is 10.0 Å². The van der Waals surface area contributed by atoms with Gasteiger partial charge in [-0.25, -0.2) is 8.42 Å². The summed E-state index contributed by atoms with van der Waals surface area (Å²) in [7, 11) is -0.142. The summed E-state index contributed by atoms with van der Waals surface area (Å²) in [6, 6.07) is 10.4. The normalized spacial score (nSPS) is 17.7. The van der Waals surface area contributed by atoms with Crippen molar-refractivity contribution in [1.82, 2.24) is 14.5 Å². The Bertz CT molecular complexity index is 954. The van der Waals surface area contributed by atoms with Gasteiger partial charge in [0.25, 0.3) is 15.9 Å².